The van der Waals surface area contributed by atoms with Gasteiger partial charge in [-0.25, -0.2) is 33.4 Å². The van der Waals surface area contributed by atoms with Gasteiger partial charge in [-0.05, 0) is 12.1 Å². The fraction of sp³-hybridized carbons (Fsp3) is 0.312. The zero-order valence-electron chi connectivity index (χ0n) is 19.0. The largest absolute Gasteiger partial charge is 0.541 e. The first-order chi connectivity index (χ1) is 18.2. The molecule has 4 rings (SSSR count). The van der Waals surface area contributed by atoms with Crippen LogP contribution >= 0.6 is 23.5 Å². The number of hydrogen-bond acceptors (Lipinski definition) is 16. The predicted octanol–water partition coefficient (Wildman–Crippen LogP) is -0.369. The van der Waals surface area contributed by atoms with E-state index in [9.17, 15) is 33.6 Å². The Labute approximate surface area is 216 Å². The Kier molecular flexibility index (Phi) is 8.30. The number of phosphoric acid groups is 3. The first kappa shape index (κ1) is 29.3. The number of anilines is 1. The number of pyridine rings is 1. The number of carbonyl (C=O) groups excluding carboxylic acids is 1. The van der Waals surface area contributed by atoms with Crippen molar-refractivity contribution in [3.8, 4) is 0 Å². The third kappa shape index (κ3) is 6.90. The topological polar surface area (TPSA) is 298 Å². The molecule has 0 amide bonds. The molecule has 20 nitrogen and oxygen atoms in total. The summed E-state index contributed by atoms with van der Waals surface area (Å²) in [6.45, 7) is -1.02. The van der Waals surface area contributed by atoms with Crippen molar-refractivity contribution in [2.75, 3.05) is 12.3 Å². The second kappa shape index (κ2) is 11.1. The van der Waals surface area contributed by atoms with Crippen LogP contribution in [0.3, 0.4) is 0 Å². The van der Waals surface area contributed by atoms with Gasteiger partial charge in [-0.15, -0.1) is 0 Å². The van der Waals surface area contributed by atoms with Crippen LogP contribution in [0, 0.1) is 0 Å². The van der Waals surface area contributed by atoms with Crippen molar-refractivity contribution in [1.82, 2.24) is 24.5 Å². The summed E-state index contributed by atoms with van der Waals surface area (Å²) < 4.78 is 60.2. The van der Waals surface area contributed by atoms with Crippen LogP contribution in [0.1, 0.15) is 16.6 Å². The van der Waals surface area contributed by atoms with Crippen molar-refractivity contribution >= 4 is 46.4 Å². The van der Waals surface area contributed by atoms with Gasteiger partial charge in [-0.3, -0.25) is 14.1 Å². The molecule has 4 heterocycles. The van der Waals surface area contributed by atoms with E-state index in [1.807, 2.05) is 0 Å². The number of ether oxygens (including phenoxy) is 1. The molecule has 0 saturated carbocycles. The van der Waals surface area contributed by atoms with Crippen LogP contribution < -0.4 is 5.73 Å². The highest BCUT2D eigenvalue weighted by Gasteiger charge is 2.49. The molecule has 4 unspecified atom stereocenters. The smallest absolute Gasteiger partial charge is 0.387 e. The highest BCUT2D eigenvalue weighted by Crippen LogP contribution is 2.68. The molecule has 7 N–H and O–H groups in total. The lowest BCUT2D eigenvalue weighted by atomic mass is 10.1. The summed E-state index contributed by atoms with van der Waals surface area (Å²) in [6.07, 6.45) is -1.76. The highest BCUT2D eigenvalue weighted by atomic mass is 31.3. The van der Waals surface area contributed by atoms with Gasteiger partial charge in [0.25, 0.3) is 0 Å². The number of fused-ring (bicyclic) bond motifs is 1. The minimum absolute atomic E-state index is 0.0196. The number of imidazole rings is 1. The Morgan fingerprint density at radius 3 is 2.51 bits per heavy atom. The average Bonchev–Trinajstić information content (AvgIpc) is 3.38. The molecular weight excluding hydrogens is 593 g/mol. The van der Waals surface area contributed by atoms with Crippen molar-refractivity contribution in [3.63, 3.8) is 0 Å². The van der Waals surface area contributed by atoms with E-state index in [2.05, 4.69) is 33.1 Å². The highest BCUT2D eigenvalue weighted by molar-refractivity contribution is 7.67. The molecule has 1 aliphatic rings. The summed E-state index contributed by atoms with van der Waals surface area (Å²) in [5.41, 5.74) is 5.69. The molecule has 23 heteroatoms. The van der Waals surface area contributed by atoms with Crippen LogP contribution in [0.25, 0.3) is 11.2 Å². The number of aliphatic hydroxyl groups is 2. The molecule has 0 bridgehead atoms. The number of aromatic nitrogens is 5. The van der Waals surface area contributed by atoms with Gasteiger partial charge in [0.15, 0.2) is 17.7 Å². The Morgan fingerprint density at radius 1 is 1.10 bits per heavy atom. The lowest BCUT2D eigenvalue weighted by Crippen LogP contribution is -2.33. The molecular formula is C16H19N6O14P3. The molecule has 0 aliphatic carbocycles. The van der Waals surface area contributed by atoms with E-state index < -0.39 is 60.6 Å². The molecule has 3 aromatic heterocycles. The van der Waals surface area contributed by atoms with E-state index in [4.69, 9.17) is 24.8 Å². The monoisotopic (exact) mass is 612 g/mol. The second-order valence-corrected chi connectivity index (χ2v) is 12.2. The van der Waals surface area contributed by atoms with Crippen LogP contribution in [-0.2, 0) is 36.1 Å². The van der Waals surface area contributed by atoms with Gasteiger partial charge in [0.05, 0.1) is 18.5 Å². The van der Waals surface area contributed by atoms with Crippen molar-refractivity contribution in [2.45, 2.75) is 24.5 Å². The second-order valence-electron chi connectivity index (χ2n) is 7.62. The van der Waals surface area contributed by atoms with Gasteiger partial charge >= 0.3 is 29.4 Å². The van der Waals surface area contributed by atoms with Crippen LogP contribution in [0.4, 0.5) is 5.82 Å². The number of nitrogen functional groups attached to an aromatic ring is 1. The lowest BCUT2D eigenvalue weighted by Gasteiger charge is -2.22. The zero-order valence-corrected chi connectivity index (χ0v) is 21.7. The Morgan fingerprint density at radius 2 is 1.85 bits per heavy atom. The van der Waals surface area contributed by atoms with E-state index in [0.29, 0.717) is 0 Å². The van der Waals surface area contributed by atoms with Gasteiger partial charge < -0.3 is 39.9 Å². The lowest BCUT2D eigenvalue weighted by molar-refractivity contribution is -0.0507. The number of carbonyl (C=O) groups is 1. The normalized spacial score (nSPS) is 24.7. The van der Waals surface area contributed by atoms with Gasteiger partial charge in [-0.1, -0.05) is 0 Å². The molecule has 0 radical (unpaired) electrons. The first-order valence-electron chi connectivity index (χ1n) is 10.3. The van der Waals surface area contributed by atoms with E-state index in [-0.39, 0.29) is 22.5 Å². The van der Waals surface area contributed by atoms with E-state index in [0.717, 1.165) is 18.6 Å². The maximum Gasteiger partial charge on any atom is 0.541 e. The Balaban J connectivity index is 1.54. The van der Waals surface area contributed by atoms with Crippen LogP contribution in [0.15, 0.2) is 37.2 Å². The summed E-state index contributed by atoms with van der Waals surface area (Å²) >= 11 is 0. The maximum atomic E-state index is 13.1. The minimum Gasteiger partial charge on any atom is -0.387 e. The third-order valence-electron chi connectivity index (χ3n) is 4.90. The fourth-order valence-corrected chi connectivity index (χ4v) is 6.78. The average molecular weight is 612 g/mol. The summed E-state index contributed by atoms with van der Waals surface area (Å²) in [6, 6.07) is 2.45. The van der Waals surface area contributed by atoms with Crippen molar-refractivity contribution < 1.29 is 65.8 Å². The molecule has 1 fully saturated rings. The molecule has 212 valence electrons. The number of phosphoric ester groups is 1. The van der Waals surface area contributed by atoms with E-state index >= 15 is 0 Å². The third-order valence-corrected chi connectivity index (χ3v) is 9.06. The van der Waals surface area contributed by atoms with E-state index in [1.165, 1.54) is 23.2 Å². The molecule has 0 aromatic carbocycles. The minimum atomic E-state index is -5.89. The van der Waals surface area contributed by atoms with E-state index in [1.54, 1.807) is 0 Å². The number of hydrogen-bond donors (Lipinski definition) is 6. The molecule has 6 atom stereocenters. The Bertz CT molecular complexity index is 1500. The van der Waals surface area contributed by atoms with Gasteiger partial charge in [-0.2, -0.15) is 8.62 Å². The summed E-state index contributed by atoms with van der Waals surface area (Å²) in [5, 5.41) is 21.0. The molecule has 39 heavy (non-hydrogen) atoms. The number of nitrogens with two attached hydrogens (primary N) is 1. The van der Waals surface area contributed by atoms with Gasteiger partial charge in [0.1, 0.15) is 30.2 Å². The predicted molar refractivity (Wildman–Crippen MR) is 123 cm³/mol. The summed E-state index contributed by atoms with van der Waals surface area (Å²) in [7, 11) is -17.1. The standard InChI is InChI=1S/C16H19N6O14P3/c17-13-10-14(20-6-19-13)22(7-21-10)15-12(24)11(23)9(33-15)5-32-39(31,36-38(29,30)35-37(26,27)28)34-16(25)8-2-1-3-18-4-8/h1-4,6-7,9,11-12,15,23-24H,5H2,(H,29,30)(H2,17,19,20)(H2,26,27,28)/t9-,11?,12?,15-,39?/m1/s1. The summed E-state index contributed by atoms with van der Waals surface area (Å²) in [4.78, 5) is 55.1. The van der Waals surface area contributed by atoms with Crippen molar-refractivity contribution in [3.05, 3.63) is 42.7 Å². The van der Waals surface area contributed by atoms with Crippen molar-refractivity contribution in [1.29, 1.82) is 0 Å². The first-order valence-corrected chi connectivity index (χ1v) is 14.8. The molecule has 0 spiro atoms. The molecule has 1 saturated heterocycles. The Hall–Kier alpha value is -2.70. The zero-order chi connectivity index (χ0) is 28.6. The number of nitrogens with zero attached hydrogens (tertiary/aromatic N) is 5. The van der Waals surface area contributed by atoms with Crippen molar-refractivity contribution in [2.24, 2.45) is 0 Å². The SMILES string of the molecule is Nc1ncnc2c1ncn2[C@@H]1O[C@H](COP(=O)(OC(=O)c2cccnc2)OP(=O)(O)OP(=O)(O)O)C(O)C1O. The quantitative estimate of drug-likeness (QED) is 0.159. The molecule has 3 aromatic rings. The number of rotatable bonds is 10. The maximum absolute atomic E-state index is 13.1. The van der Waals surface area contributed by atoms with Crippen LogP contribution in [0.5, 0.6) is 0 Å². The molecule has 1 aliphatic heterocycles. The fourth-order valence-electron chi connectivity index (χ4n) is 3.30. The van der Waals surface area contributed by atoms with Gasteiger partial charge in [0.2, 0.25) is 0 Å². The van der Waals surface area contributed by atoms with Crippen LogP contribution in [0.2, 0.25) is 0 Å². The van der Waals surface area contributed by atoms with Gasteiger partial charge in [0, 0.05) is 12.4 Å². The summed E-state index contributed by atoms with van der Waals surface area (Å²) in [5.74, 6) is -1.43. The number of aliphatic hydroxyl groups excluding tert-OH is 2. The van der Waals surface area contributed by atoms with Crippen LogP contribution in [-0.4, -0.2) is 80.3 Å².